The van der Waals surface area contributed by atoms with Crippen LogP contribution in [0, 0.1) is 0 Å². The largest absolute Gasteiger partial charge is 0.0608 e. The molecule has 1 fully saturated rings. The highest BCUT2D eigenvalue weighted by Gasteiger charge is 2.37. The number of rotatable bonds is 0. The molecule has 1 heteroatoms. The van der Waals surface area contributed by atoms with Gasteiger partial charge in [-0.25, -0.2) is 0 Å². The lowest BCUT2D eigenvalue weighted by Crippen LogP contribution is -1.97. The van der Waals surface area contributed by atoms with Crippen LogP contribution in [0.4, 0.5) is 0 Å². The van der Waals surface area contributed by atoms with Crippen LogP contribution in [0.1, 0.15) is 42.2 Å². The molecule has 0 saturated heterocycles. The molecule has 2 aliphatic rings. The average molecular weight is 223 g/mol. The molecule has 0 nitrogen and oxygen atoms in total. The first-order chi connectivity index (χ1) is 5.86. The molecule has 2 atom stereocenters. The summed E-state index contributed by atoms with van der Waals surface area (Å²) in [6, 6.07) is 6.66. The van der Waals surface area contributed by atoms with Crippen LogP contribution in [0.3, 0.4) is 0 Å². The molecule has 0 amide bonds. The van der Waals surface area contributed by atoms with Gasteiger partial charge in [0.05, 0.1) is 0 Å². The predicted octanol–water partition coefficient (Wildman–Crippen LogP) is 3.81. The summed E-state index contributed by atoms with van der Waals surface area (Å²) in [6.07, 6.45) is 4.26. The zero-order chi connectivity index (χ0) is 8.13. The number of halogens is 1. The number of hydrogen-bond donors (Lipinski definition) is 0. The molecule has 1 saturated carbocycles. The lowest BCUT2D eigenvalue weighted by molar-refractivity contribution is 0.715. The van der Waals surface area contributed by atoms with Crippen LogP contribution in [-0.4, -0.2) is 0 Å². The van der Waals surface area contributed by atoms with Crippen LogP contribution < -0.4 is 0 Å². The fourth-order valence-corrected chi connectivity index (χ4v) is 3.57. The highest BCUT2D eigenvalue weighted by molar-refractivity contribution is 9.10. The summed E-state index contributed by atoms with van der Waals surface area (Å²) in [5.74, 6) is 1.77. The second kappa shape index (κ2) is 2.35. The van der Waals surface area contributed by atoms with Crippen LogP contribution in [0.2, 0.25) is 0 Å². The highest BCUT2D eigenvalue weighted by Crippen LogP contribution is 2.54. The maximum atomic E-state index is 3.65. The van der Waals surface area contributed by atoms with Crippen LogP contribution in [-0.2, 0) is 0 Å². The van der Waals surface area contributed by atoms with Crippen molar-refractivity contribution in [2.45, 2.75) is 31.1 Å². The Morgan fingerprint density at radius 1 is 1.17 bits per heavy atom. The van der Waals surface area contributed by atoms with Crippen molar-refractivity contribution in [2.24, 2.45) is 0 Å². The van der Waals surface area contributed by atoms with E-state index in [4.69, 9.17) is 0 Å². The molecule has 0 heterocycles. The molecule has 2 aliphatic carbocycles. The normalized spacial score (nSPS) is 30.8. The molecule has 1 aromatic carbocycles. The third-order valence-electron chi connectivity index (χ3n) is 3.37. The number of hydrogen-bond acceptors (Lipinski definition) is 0. The number of fused-ring (bicyclic) bond motifs is 5. The lowest BCUT2D eigenvalue weighted by Gasteiger charge is -2.15. The fourth-order valence-electron chi connectivity index (χ4n) is 2.87. The summed E-state index contributed by atoms with van der Waals surface area (Å²) in [5.41, 5.74) is 3.24. The van der Waals surface area contributed by atoms with Crippen molar-refractivity contribution in [3.8, 4) is 0 Å². The fraction of sp³-hybridized carbons (Fsp3) is 0.455. The van der Waals surface area contributed by atoms with E-state index in [-0.39, 0.29) is 0 Å². The molecule has 0 aromatic heterocycles. The Morgan fingerprint density at radius 3 is 2.83 bits per heavy atom. The van der Waals surface area contributed by atoms with E-state index in [1.807, 2.05) is 0 Å². The molecule has 12 heavy (non-hydrogen) atoms. The molecule has 2 bridgehead atoms. The van der Waals surface area contributed by atoms with Crippen molar-refractivity contribution < 1.29 is 0 Å². The van der Waals surface area contributed by atoms with Gasteiger partial charge in [-0.15, -0.1) is 0 Å². The summed E-state index contributed by atoms with van der Waals surface area (Å²) >= 11 is 3.65. The lowest BCUT2D eigenvalue weighted by atomic mass is 9.92. The monoisotopic (exact) mass is 222 g/mol. The maximum absolute atomic E-state index is 3.65. The van der Waals surface area contributed by atoms with Crippen molar-refractivity contribution >= 4 is 15.9 Å². The molecule has 3 rings (SSSR count). The van der Waals surface area contributed by atoms with Crippen LogP contribution in [0.15, 0.2) is 22.7 Å². The topological polar surface area (TPSA) is 0 Å². The Labute approximate surface area is 81.1 Å². The van der Waals surface area contributed by atoms with Gasteiger partial charge in [0.15, 0.2) is 0 Å². The third kappa shape index (κ3) is 0.779. The van der Waals surface area contributed by atoms with E-state index in [1.165, 1.54) is 23.7 Å². The second-order valence-electron chi connectivity index (χ2n) is 3.95. The zero-order valence-electron chi connectivity index (χ0n) is 6.89. The molecular formula is C11H11Br. The van der Waals surface area contributed by atoms with Crippen LogP contribution in [0.5, 0.6) is 0 Å². The van der Waals surface area contributed by atoms with Gasteiger partial charge in [-0.1, -0.05) is 28.1 Å². The molecule has 0 aliphatic heterocycles. The third-order valence-corrected chi connectivity index (χ3v) is 4.06. The smallest absolute Gasteiger partial charge is 0.0212 e. The van der Waals surface area contributed by atoms with E-state index >= 15 is 0 Å². The average Bonchev–Trinajstić information content (AvgIpc) is 2.64. The van der Waals surface area contributed by atoms with Gasteiger partial charge in [0.25, 0.3) is 0 Å². The summed E-state index contributed by atoms with van der Waals surface area (Å²) in [7, 11) is 0. The minimum Gasteiger partial charge on any atom is -0.0608 e. The van der Waals surface area contributed by atoms with Crippen molar-refractivity contribution in [3.05, 3.63) is 33.8 Å². The molecule has 62 valence electrons. The SMILES string of the molecule is Brc1cccc2c1C1CCC2C1. The van der Waals surface area contributed by atoms with Crippen molar-refractivity contribution in [3.63, 3.8) is 0 Å². The Morgan fingerprint density at radius 2 is 2.00 bits per heavy atom. The van der Waals surface area contributed by atoms with Crippen LogP contribution >= 0.6 is 15.9 Å². The molecule has 0 radical (unpaired) electrons. The van der Waals surface area contributed by atoms with Crippen molar-refractivity contribution in [1.29, 1.82) is 0 Å². The first-order valence-electron chi connectivity index (χ1n) is 4.64. The minimum absolute atomic E-state index is 0.876. The van der Waals surface area contributed by atoms with Gasteiger partial charge in [-0.2, -0.15) is 0 Å². The molecule has 0 N–H and O–H groups in total. The Bertz CT molecular complexity index is 330. The van der Waals surface area contributed by atoms with E-state index in [0.717, 1.165) is 11.8 Å². The maximum Gasteiger partial charge on any atom is 0.0212 e. The Balaban J connectivity index is 2.26. The van der Waals surface area contributed by atoms with Gasteiger partial charge < -0.3 is 0 Å². The summed E-state index contributed by atoms with van der Waals surface area (Å²) < 4.78 is 1.34. The van der Waals surface area contributed by atoms with E-state index in [0.29, 0.717) is 0 Å². The minimum atomic E-state index is 0.876. The Hall–Kier alpha value is -0.300. The van der Waals surface area contributed by atoms with E-state index in [9.17, 15) is 0 Å². The summed E-state index contributed by atoms with van der Waals surface area (Å²) in [6.45, 7) is 0. The van der Waals surface area contributed by atoms with E-state index in [2.05, 4.69) is 34.1 Å². The van der Waals surface area contributed by atoms with Gasteiger partial charge in [0.2, 0.25) is 0 Å². The summed E-state index contributed by atoms with van der Waals surface area (Å²) in [5, 5.41) is 0. The quantitative estimate of drug-likeness (QED) is 0.627. The van der Waals surface area contributed by atoms with Gasteiger partial charge in [0.1, 0.15) is 0 Å². The summed E-state index contributed by atoms with van der Waals surface area (Å²) in [4.78, 5) is 0. The van der Waals surface area contributed by atoms with E-state index in [1.54, 1.807) is 11.1 Å². The molecule has 0 spiro atoms. The van der Waals surface area contributed by atoms with Gasteiger partial charge in [0, 0.05) is 4.47 Å². The second-order valence-corrected chi connectivity index (χ2v) is 4.80. The number of benzene rings is 1. The highest BCUT2D eigenvalue weighted by atomic mass is 79.9. The first-order valence-corrected chi connectivity index (χ1v) is 5.44. The van der Waals surface area contributed by atoms with Gasteiger partial charge in [-0.3, -0.25) is 0 Å². The van der Waals surface area contributed by atoms with Crippen molar-refractivity contribution in [2.75, 3.05) is 0 Å². The molecule has 1 aromatic rings. The predicted molar refractivity (Wildman–Crippen MR) is 53.5 cm³/mol. The Kier molecular flexibility index (Phi) is 1.40. The molecule has 2 unspecified atom stereocenters. The van der Waals surface area contributed by atoms with Crippen molar-refractivity contribution in [1.82, 2.24) is 0 Å². The van der Waals surface area contributed by atoms with E-state index < -0.39 is 0 Å². The van der Waals surface area contributed by atoms with Gasteiger partial charge in [-0.05, 0) is 48.3 Å². The van der Waals surface area contributed by atoms with Crippen LogP contribution in [0.25, 0.3) is 0 Å². The van der Waals surface area contributed by atoms with Gasteiger partial charge >= 0.3 is 0 Å². The molecular weight excluding hydrogens is 212 g/mol. The first kappa shape index (κ1) is 7.14. The zero-order valence-corrected chi connectivity index (χ0v) is 8.47. The standard InChI is InChI=1S/C11H11Br/c12-10-3-1-2-9-7-4-5-8(6-7)11(9)10/h1-3,7-8H,4-6H2.